The smallest absolute Gasteiger partial charge is 0.0742 e. The minimum atomic E-state index is 0.111. The van der Waals surface area contributed by atoms with Crippen molar-refractivity contribution in [1.29, 1.82) is 0 Å². The average Bonchev–Trinajstić information content (AvgIpc) is 2.35. The number of pyridine rings is 1. The van der Waals surface area contributed by atoms with E-state index >= 15 is 0 Å². The normalized spacial score (nSPS) is 14.7. The van der Waals surface area contributed by atoms with Crippen LogP contribution in [-0.2, 0) is 11.2 Å². The first-order valence-corrected chi connectivity index (χ1v) is 5.79. The summed E-state index contributed by atoms with van der Waals surface area (Å²) in [7, 11) is 0. The average molecular weight is 223 g/mol. The summed E-state index contributed by atoms with van der Waals surface area (Å²) < 4.78 is 5.65. The number of aromatic nitrogens is 1. The zero-order chi connectivity index (χ0) is 11.8. The van der Waals surface area contributed by atoms with Crippen LogP contribution in [0.3, 0.4) is 0 Å². The van der Waals surface area contributed by atoms with Crippen LogP contribution in [0.5, 0.6) is 0 Å². The lowest BCUT2D eigenvalue weighted by molar-refractivity contribution is 0.0317. The Hall–Kier alpha value is -0.970. The summed E-state index contributed by atoms with van der Waals surface area (Å²) in [6.45, 7) is 4.80. The molecule has 16 heavy (non-hydrogen) atoms. The van der Waals surface area contributed by atoms with Crippen LogP contribution >= 0.6 is 0 Å². The lowest BCUT2D eigenvalue weighted by atomic mass is 10.0. The van der Waals surface area contributed by atoms with Crippen molar-refractivity contribution in [2.45, 2.75) is 38.8 Å². The summed E-state index contributed by atoms with van der Waals surface area (Å²) in [5.41, 5.74) is 3.85. The molecule has 4 heteroatoms. The molecule has 0 spiro atoms. The van der Waals surface area contributed by atoms with Gasteiger partial charge in [-0.3, -0.25) is 16.3 Å². The molecule has 90 valence electrons. The van der Waals surface area contributed by atoms with Crippen molar-refractivity contribution in [2.24, 2.45) is 5.84 Å². The summed E-state index contributed by atoms with van der Waals surface area (Å²) in [6, 6.07) is 6.01. The van der Waals surface area contributed by atoms with Gasteiger partial charge in [0.1, 0.15) is 0 Å². The predicted octanol–water partition coefficient (Wildman–Crippen LogP) is 1.27. The van der Waals surface area contributed by atoms with Gasteiger partial charge in [-0.1, -0.05) is 13.0 Å². The van der Waals surface area contributed by atoms with Crippen molar-refractivity contribution >= 4 is 0 Å². The van der Waals surface area contributed by atoms with Crippen molar-refractivity contribution in [3.05, 3.63) is 30.1 Å². The van der Waals surface area contributed by atoms with Gasteiger partial charge in [0.15, 0.2) is 0 Å². The van der Waals surface area contributed by atoms with Gasteiger partial charge in [0.05, 0.1) is 12.1 Å². The molecule has 0 fully saturated rings. The van der Waals surface area contributed by atoms with Crippen molar-refractivity contribution < 1.29 is 4.74 Å². The number of nitrogens with zero attached hydrogens (tertiary/aromatic N) is 1. The standard InChI is InChI=1S/C12H21N3O/c1-3-12(16-4-2)11(15-13)9-10-7-5-6-8-14-10/h5-8,11-12,15H,3-4,9,13H2,1-2H3. The molecule has 0 radical (unpaired) electrons. The van der Waals surface area contributed by atoms with Gasteiger partial charge in [-0.25, -0.2) is 0 Å². The Kier molecular flexibility index (Phi) is 6.00. The molecule has 0 saturated carbocycles. The maximum absolute atomic E-state index is 5.65. The van der Waals surface area contributed by atoms with E-state index in [1.165, 1.54) is 0 Å². The number of rotatable bonds is 7. The Balaban J connectivity index is 2.60. The van der Waals surface area contributed by atoms with Gasteiger partial charge in [-0.2, -0.15) is 0 Å². The topological polar surface area (TPSA) is 60.2 Å². The van der Waals surface area contributed by atoms with Crippen molar-refractivity contribution in [3.8, 4) is 0 Å². The van der Waals surface area contributed by atoms with Crippen LogP contribution in [0.4, 0.5) is 0 Å². The molecule has 1 heterocycles. The summed E-state index contributed by atoms with van der Waals surface area (Å²) >= 11 is 0. The van der Waals surface area contributed by atoms with Crippen LogP contribution in [0.1, 0.15) is 26.0 Å². The second kappa shape index (κ2) is 7.33. The largest absolute Gasteiger partial charge is 0.377 e. The second-order valence-electron chi connectivity index (χ2n) is 3.70. The predicted molar refractivity (Wildman–Crippen MR) is 64.8 cm³/mol. The van der Waals surface area contributed by atoms with E-state index in [1.54, 1.807) is 6.20 Å². The molecule has 0 aliphatic rings. The monoisotopic (exact) mass is 223 g/mol. The van der Waals surface area contributed by atoms with E-state index < -0.39 is 0 Å². The van der Waals surface area contributed by atoms with Crippen LogP contribution in [0.2, 0.25) is 0 Å². The van der Waals surface area contributed by atoms with Gasteiger partial charge >= 0.3 is 0 Å². The van der Waals surface area contributed by atoms with E-state index in [0.717, 1.165) is 18.5 Å². The molecule has 2 unspecified atom stereocenters. The lowest BCUT2D eigenvalue weighted by Gasteiger charge is -2.25. The van der Waals surface area contributed by atoms with E-state index in [1.807, 2.05) is 25.1 Å². The third-order valence-electron chi connectivity index (χ3n) is 2.60. The van der Waals surface area contributed by atoms with Gasteiger partial charge in [0, 0.05) is 24.9 Å². The maximum atomic E-state index is 5.65. The minimum Gasteiger partial charge on any atom is -0.377 e. The van der Waals surface area contributed by atoms with E-state index in [2.05, 4.69) is 17.3 Å². The first-order valence-electron chi connectivity index (χ1n) is 5.79. The first-order chi connectivity index (χ1) is 7.81. The van der Waals surface area contributed by atoms with Crippen LogP contribution in [-0.4, -0.2) is 23.7 Å². The minimum absolute atomic E-state index is 0.111. The maximum Gasteiger partial charge on any atom is 0.0742 e. The van der Waals surface area contributed by atoms with Crippen molar-refractivity contribution in [1.82, 2.24) is 10.4 Å². The Labute approximate surface area is 97.2 Å². The highest BCUT2D eigenvalue weighted by Crippen LogP contribution is 2.09. The number of nitrogens with one attached hydrogen (secondary N) is 1. The van der Waals surface area contributed by atoms with Gasteiger partial charge in [0.2, 0.25) is 0 Å². The Morgan fingerprint density at radius 3 is 2.75 bits per heavy atom. The molecule has 0 aliphatic carbocycles. The Morgan fingerprint density at radius 2 is 2.25 bits per heavy atom. The molecular weight excluding hydrogens is 202 g/mol. The molecule has 4 nitrogen and oxygen atoms in total. The molecule has 0 aromatic carbocycles. The molecule has 3 N–H and O–H groups in total. The third-order valence-corrected chi connectivity index (χ3v) is 2.60. The van der Waals surface area contributed by atoms with Crippen molar-refractivity contribution in [3.63, 3.8) is 0 Å². The Bertz CT molecular complexity index is 279. The van der Waals surface area contributed by atoms with Crippen LogP contribution in [0, 0.1) is 0 Å². The highest BCUT2D eigenvalue weighted by molar-refractivity contribution is 5.05. The molecule has 0 aliphatic heterocycles. The van der Waals surface area contributed by atoms with Gasteiger partial charge in [-0.05, 0) is 25.5 Å². The molecule has 1 aromatic heterocycles. The fourth-order valence-electron chi connectivity index (χ4n) is 1.77. The molecule has 2 atom stereocenters. The quantitative estimate of drug-likeness (QED) is 0.540. The zero-order valence-electron chi connectivity index (χ0n) is 10.0. The molecular formula is C12H21N3O. The summed E-state index contributed by atoms with van der Waals surface area (Å²) in [4.78, 5) is 4.29. The van der Waals surface area contributed by atoms with E-state index in [9.17, 15) is 0 Å². The molecule has 0 bridgehead atoms. The number of hydrogen-bond donors (Lipinski definition) is 2. The number of nitrogens with two attached hydrogens (primary N) is 1. The third kappa shape index (κ3) is 3.89. The number of ether oxygens (including phenoxy) is 1. The highest BCUT2D eigenvalue weighted by Gasteiger charge is 2.19. The summed E-state index contributed by atoms with van der Waals surface area (Å²) in [6.07, 6.45) is 3.66. The van der Waals surface area contributed by atoms with Gasteiger partial charge in [0.25, 0.3) is 0 Å². The van der Waals surface area contributed by atoms with Gasteiger partial charge < -0.3 is 4.74 Å². The summed E-state index contributed by atoms with van der Waals surface area (Å²) in [5, 5.41) is 0. The molecule has 1 aromatic rings. The number of hydrogen-bond acceptors (Lipinski definition) is 4. The van der Waals surface area contributed by atoms with Gasteiger partial charge in [-0.15, -0.1) is 0 Å². The van der Waals surface area contributed by atoms with E-state index in [4.69, 9.17) is 10.6 Å². The molecule has 1 rings (SSSR count). The zero-order valence-corrected chi connectivity index (χ0v) is 10.0. The molecule has 0 saturated heterocycles. The van der Waals surface area contributed by atoms with E-state index in [-0.39, 0.29) is 12.1 Å². The van der Waals surface area contributed by atoms with Crippen LogP contribution in [0.25, 0.3) is 0 Å². The SMILES string of the molecule is CCOC(CC)C(Cc1ccccn1)NN. The second-order valence-corrected chi connectivity index (χ2v) is 3.70. The summed E-state index contributed by atoms with van der Waals surface area (Å²) in [5.74, 6) is 5.57. The van der Waals surface area contributed by atoms with E-state index in [0.29, 0.717) is 6.61 Å². The number of hydrazine groups is 1. The van der Waals surface area contributed by atoms with Crippen LogP contribution in [0.15, 0.2) is 24.4 Å². The molecule has 0 amide bonds. The van der Waals surface area contributed by atoms with Crippen molar-refractivity contribution in [2.75, 3.05) is 6.61 Å². The fourth-order valence-corrected chi connectivity index (χ4v) is 1.77. The highest BCUT2D eigenvalue weighted by atomic mass is 16.5. The fraction of sp³-hybridized carbons (Fsp3) is 0.583. The lowest BCUT2D eigenvalue weighted by Crippen LogP contribution is -2.46. The Morgan fingerprint density at radius 1 is 1.44 bits per heavy atom. The van der Waals surface area contributed by atoms with Crippen LogP contribution < -0.4 is 11.3 Å². The first kappa shape index (κ1) is 13.1.